The van der Waals surface area contributed by atoms with Crippen molar-refractivity contribution in [2.45, 2.75) is 12.5 Å². The van der Waals surface area contributed by atoms with Crippen LogP contribution >= 0.6 is 0 Å². The third-order valence-corrected chi connectivity index (χ3v) is 2.79. The molecule has 88 valence electrons. The Morgan fingerprint density at radius 2 is 2.12 bits per heavy atom. The highest BCUT2D eigenvalue weighted by Crippen LogP contribution is 2.22. The van der Waals surface area contributed by atoms with Crippen LogP contribution in [0.25, 0.3) is 0 Å². The summed E-state index contributed by atoms with van der Waals surface area (Å²) in [5, 5.41) is 0. The standard InChI is InChI=1S/C12H18N2O2/c1-14-8-11(9-14)16-12-5-3-2-4-10(12)6-7-15-13/h2-5,11H,6-9,13H2,1H3. The Bertz CT molecular complexity index is 338. The van der Waals surface area contributed by atoms with E-state index in [4.69, 9.17) is 10.6 Å². The second kappa shape index (κ2) is 5.30. The molecule has 2 N–H and O–H groups in total. The number of nitrogens with zero attached hydrogens (tertiary/aromatic N) is 1. The van der Waals surface area contributed by atoms with Gasteiger partial charge in [-0.1, -0.05) is 18.2 Å². The molecule has 1 fully saturated rings. The Morgan fingerprint density at radius 3 is 2.81 bits per heavy atom. The zero-order valence-electron chi connectivity index (χ0n) is 9.56. The van der Waals surface area contributed by atoms with Crippen molar-refractivity contribution >= 4 is 0 Å². The van der Waals surface area contributed by atoms with Crippen LogP contribution in [-0.2, 0) is 11.3 Å². The highest BCUT2D eigenvalue weighted by molar-refractivity contribution is 5.33. The molecule has 1 aliphatic rings. The molecule has 0 spiro atoms. The van der Waals surface area contributed by atoms with Crippen molar-refractivity contribution in [3.8, 4) is 5.75 Å². The number of likely N-dealkylation sites (tertiary alicyclic amines) is 1. The largest absolute Gasteiger partial charge is 0.487 e. The Kier molecular flexibility index (Phi) is 3.77. The molecule has 0 amide bonds. The summed E-state index contributed by atoms with van der Waals surface area (Å²) in [7, 11) is 2.09. The zero-order chi connectivity index (χ0) is 11.4. The van der Waals surface area contributed by atoms with Gasteiger partial charge < -0.3 is 9.57 Å². The van der Waals surface area contributed by atoms with E-state index in [1.54, 1.807) is 0 Å². The molecule has 1 aromatic rings. The summed E-state index contributed by atoms with van der Waals surface area (Å²) in [5.41, 5.74) is 1.16. The minimum absolute atomic E-state index is 0.324. The van der Waals surface area contributed by atoms with Crippen molar-refractivity contribution in [3.05, 3.63) is 29.8 Å². The normalized spacial score (nSPS) is 17.1. The van der Waals surface area contributed by atoms with Crippen molar-refractivity contribution < 1.29 is 9.57 Å². The van der Waals surface area contributed by atoms with Crippen LogP contribution in [0.2, 0.25) is 0 Å². The molecule has 4 nitrogen and oxygen atoms in total. The molecular formula is C12H18N2O2. The second-order valence-electron chi connectivity index (χ2n) is 4.19. The molecule has 0 bridgehead atoms. The highest BCUT2D eigenvalue weighted by Gasteiger charge is 2.25. The van der Waals surface area contributed by atoms with Gasteiger partial charge in [-0.3, -0.25) is 4.90 Å². The molecular weight excluding hydrogens is 204 g/mol. The van der Waals surface area contributed by atoms with E-state index < -0.39 is 0 Å². The first kappa shape index (κ1) is 11.4. The molecule has 0 unspecified atom stereocenters. The lowest BCUT2D eigenvalue weighted by Crippen LogP contribution is -2.51. The van der Waals surface area contributed by atoms with Crippen molar-refractivity contribution in [2.24, 2.45) is 5.90 Å². The maximum atomic E-state index is 5.91. The monoisotopic (exact) mass is 222 g/mol. The van der Waals surface area contributed by atoms with Crippen molar-refractivity contribution in [1.82, 2.24) is 4.90 Å². The average Bonchev–Trinajstić information content (AvgIpc) is 2.26. The van der Waals surface area contributed by atoms with Crippen LogP contribution in [0.5, 0.6) is 5.75 Å². The summed E-state index contributed by atoms with van der Waals surface area (Å²) < 4.78 is 5.91. The van der Waals surface area contributed by atoms with Gasteiger partial charge in [-0.25, -0.2) is 5.90 Å². The third-order valence-electron chi connectivity index (χ3n) is 2.79. The van der Waals surface area contributed by atoms with Crippen LogP contribution in [0, 0.1) is 0 Å². The molecule has 0 aliphatic carbocycles. The zero-order valence-corrected chi connectivity index (χ0v) is 9.56. The van der Waals surface area contributed by atoms with E-state index in [0.717, 1.165) is 30.8 Å². The maximum Gasteiger partial charge on any atom is 0.124 e. The van der Waals surface area contributed by atoms with E-state index in [9.17, 15) is 0 Å². The van der Waals surface area contributed by atoms with E-state index in [1.165, 1.54) is 0 Å². The molecule has 1 saturated heterocycles. The van der Waals surface area contributed by atoms with Gasteiger partial charge in [0.1, 0.15) is 11.9 Å². The number of likely N-dealkylation sites (N-methyl/N-ethyl adjacent to an activating group) is 1. The fourth-order valence-corrected chi connectivity index (χ4v) is 1.89. The van der Waals surface area contributed by atoms with E-state index in [2.05, 4.69) is 22.9 Å². The second-order valence-corrected chi connectivity index (χ2v) is 4.19. The van der Waals surface area contributed by atoms with Gasteiger partial charge >= 0.3 is 0 Å². The van der Waals surface area contributed by atoms with Gasteiger partial charge in [0.2, 0.25) is 0 Å². The lowest BCUT2D eigenvalue weighted by atomic mass is 10.1. The van der Waals surface area contributed by atoms with Crippen LogP contribution in [0.3, 0.4) is 0 Å². The lowest BCUT2D eigenvalue weighted by molar-refractivity contribution is 0.0377. The first-order chi connectivity index (χ1) is 7.79. The SMILES string of the molecule is CN1CC(Oc2ccccc2CCON)C1. The van der Waals surface area contributed by atoms with E-state index >= 15 is 0 Å². The Morgan fingerprint density at radius 1 is 1.38 bits per heavy atom. The van der Waals surface area contributed by atoms with E-state index in [0.29, 0.717) is 12.7 Å². The van der Waals surface area contributed by atoms with Gasteiger partial charge in [-0.15, -0.1) is 0 Å². The van der Waals surface area contributed by atoms with Crippen molar-refractivity contribution in [2.75, 3.05) is 26.7 Å². The molecule has 0 aromatic heterocycles. The molecule has 4 heteroatoms. The van der Waals surface area contributed by atoms with Crippen molar-refractivity contribution in [3.63, 3.8) is 0 Å². The maximum absolute atomic E-state index is 5.91. The van der Waals surface area contributed by atoms with Gasteiger partial charge in [-0.2, -0.15) is 0 Å². The summed E-state index contributed by atoms with van der Waals surface area (Å²) >= 11 is 0. The predicted molar refractivity (Wildman–Crippen MR) is 62.2 cm³/mol. The van der Waals surface area contributed by atoms with Gasteiger partial charge in [-0.05, 0) is 18.7 Å². The number of ether oxygens (including phenoxy) is 1. The first-order valence-electron chi connectivity index (χ1n) is 5.54. The van der Waals surface area contributed by atoms with Gasteiger partial charge in [0.25, 0.3) is 0 Å². The number of hydrogen-bond acceptors (Lipinski definition) is 4. The molecule has 16 heavy (non-hydrogen) atoms. The Labute approximate surface area is 95.9 Å². The Hall–Kier alpha value is -1.10. The fraction of sp³-hybridized carbons (Fsp3) is 0.500. The summed E-state index contributed by atoms with van der Waals surface area (Å²) in [6.07, 6.45) is 1.11. The quantitative estimate of drug-likeness (QED) is 0.749. The average molecular weight is 222 g/mol. The summed E-state index contributed by atoms with van der Waals surface area (Å²) in [5.74, 6) is 5.99. The number of rotatable bonds is 5. The molecule has 1 heterocycles. The first-order valence-corrected chi connectivity index (χ1v) is 5.54. The molecule has 2 rings (SSSR count). The number of para-hydroxylation sites is 1. The summed E-state index contributed by atoms with van der Waals surface area (Å²) in [6.45, 7) is 2.52. The number of nitrogens with two attached hydrogens (primary N) is 1. The fourth-order valence-electron chi connectivity index (χ4n) is 1.89. The van der Waals surface area contributed by atoms with E-state index in [1.807, 2.05) is 18.2 Å². The predicted octanol–water partition coefficient (Wildman–Crippen LogP) is 0.812. The van der Waals surface area contributed by atoms with Gasteiger partial charge in [0.15, 0.2) is 0 Å². The molecule has 0 saturated carbocycles. The minimum atomic E-state index is 0.324. The summed E-state index contributed by atoms with van der Waals surface area (Å²) in [4.78, 5) is 6.83. The smallest absolute Gasteiger partial charge is 0.124 e. The molecule has 1 aliphatic heterocycles. The number of hydrogen-bond donors (Lipinski definition) is 1. The highest BCUT2D eigenvalue weighted by atomic mass is 16.6. The number of benzene rings is 1. The van der Waals surface area contributed by atoms with Crippen LogP contribution in [-0.4, -0.2) is 37.7 Å². The van der Waals surface area contributed by atoms with Gasteiger partial charge in [0, 0.05) is 19.5 Å². The van der Waals surface area contributed by atoms with Crippen LogP contribution in [0.15, 0.2) is 24.3 Å². The minimum Gasteiger partial charge on any atom is -0.487 e. The molecule has 1 aromatic carbocycles. The van der Waals surface area contributed by atoms with Gasteiger partial charge in [0.05, 0.1) is 6.61 Å². The lowest BCUT2D eigenvalue weighted by Gasteiger charge is -2.36. The summed E-state index contributed by atoms with van der Waals surface area (Å²) in [6, 6.07) is 8.05. The third kappa shape index (κ3) is 2.72. The molecule has 0 atom stereocenters. The van der Waals surface area contributed by atoms with Crippen LogP contribution in [0.1, 0.15) is 5.56 Å². The van der Waals surface area contributed by atoms with Crippen LogP contribution < -0.4 is 10.6 Å². The topological polar surface area (TPSA) is 47.7 Å². The Balaban J connectivity index is 1.96. The van der Waals surface area contributed by atoms with Crippen molar-refractivity contribution in [1.29, 1.82) is 0 Å². The van der Waals surface area contributed by atoms with Crippen LogP contribution in [0.4, 0.5) is 0 Å². The van der Waals surface area contributed by atoms with E-state index in [-0.39, 0.29) is 0 Å². The molecule has 0 radical (unpaired) electrons.